The van der Waals surface area contributed by atoms with Crippen molar-refractivity contribution in [2.45, 2.75) is 25.7 Å². The van der Waals surface area contributed by atoms with Gasteiger partial charge in [0, 0.05) is 19.2 Å². The van der Waals surface area contributed by atoms with Crippen LogP contribution in [0, 0.1) is 5.92 Å². The molecule has 5 heteroatoms. The molecule has 0 unspecified atom stereocenters. The van der Waals surface area contributed by atoms with Gasteiger partial charge in [0.25, 0.3) is 5.91 Å². The summed E-state index contributed by atoms with van der Waals surface area (Å²) in [6.45, 7) is 0.821. The number of rotatable bonds is 6. The summed E-state index contributed by atoms with van der Waals surface area (Å²) in [5, 5.41) is 0. The van der Waals surface area contributed by atoms with Crippen LogP contribution in [0.25, 0.3) is 0 Å². The van der Waals surface area contributed by atoms with Crippen molar-refractivity contribution in [3.05, 3.63) is 29.8 Å². The summed E-state index contributed by atoms with van der Waals surface area (Å²) in [5.41, 5.74) is 5.59. The number of benzene rings is 1. The van der Waals surface area contributed by atoms with Crippen LogP contribution in [0.4, 0.5) is 0 Å². The first kappa shape index (κ1) is 15.4. The van der Waals surface area contributed by atoms with E-state index in [-0.39, 0.29) is 12.5 Å². The Morgan fingerprint density at radius 2 is 1.86 bits per heavy atom. The zero-order valence-electron chi connectivity index (χ0n) is 12.4. The maximum absolute atomic E-state index is 12.0. The molecule has 0 heterocycles. The molecule has 0 radical (unpaired) electrons. The number of amides is 2. The molecule has 1 aromatic rings. The maximum atomic E-state index is 12.0. The molecule has 1 aliphatic rings. The monoisotopic (exact) mass is 290 g/mol. The molecule has 21 heavy (non-hydrogen) atoms. The van der Waals surface area contributed by atoms with Crippen molar-refractivity contribution in [2.75, 3.05) is 20.2 Å². The number of nitrogens with two attached hydrogens (primary N) is 1. The third-order valence-corrected chi connectivity index (χ3v) is 3.93. The van der Waals surface area contributed by atoms with Gasteiger partial charge in [-0.3, -0.25) is 9.59 Å². The van der Waals surface area contributed by atoms with Crippen LogP contribution < -0.4 is 10.5 Å². The Hall–Kier alpha value is -2.04. The normalized spacial score (nSPS) is 14.9. The fourth-order valence-electron chi connectivity index (χ4n) is 2.65. The van der Waals surface area contributed by atoms with Crippen molar-refractivity contribution in [3.8, 4) is 5.75 Å². The van der Waals surface area contributed by atoms with Crippen LogP contribution in [0.1, 0.15) is 36.0 Å². The molecule has 0 spiro atoms. The summed E-state index contributed by atoms with van der Waals surface area (Å²) in [4.78, 5) is 24.7. The topological polar surface area (TPSA) is 72.6 Å². The van der Waals surface area contributed by atoms with Gasteiger partial charge in [-0.15, -0.1) is 0 Å². The van der Waals surface area contributed by atoms with E-state index in [9.17, 15) is 9.59 Å². The molecule has 1 aliphatic carbocycles. The van der Waals surface area contributed by atoms with Gasteiger partial charge >= 0.3 is 0 Å². The molecule has 1 saturated carbocycles. The molecule has 0 atom stereocenters. The lowest BCUT2D eigenvalue weighted by atomic mass is 10.1. The van der Waals surface area contributed by atoms with Crippen LogP contribution in [0.2, 0.25) is 0 Å². The highest BCUT2D eigenvalue weighted by molar-refractivity contribution is 5.92. The first-order chi connectivity index (χ1) is 10.1. The predicted octanol–water partition coefficient (Wildman–Crippen LogP) is 1.81. The standard InChI is InChI=1S/C16H22N2O3/c1-18(10-12-4-2-3-5-12)15(19)11-21-14-8-6-13(7-9-14)16(17)20/h6-9,12H,2-5,10-11H2,1H3,(H2,17,20). The van der Waals surface area contributed by atoms with Gasteiger partial charge in [-0.1, -0.05) is 12.8 Å². The summed E-state index contributed by atoms with van der Waals surface area (Å²) >= 11 is 0. The van der Waals surface area contributed by atoms with Crippen molar-refractivity contribution in [1.29, 1.82) is 0 Å². The van der Waals surface area contributed by atoms with Crippen molar-refractivity contribution in [3.63, 3.8) is 0 Å². The van der Waals surface area contributed by atoms with Crippen LogP contribution in [-0.4, -0.2) is 36.9 Å². The average Bonchev–Trinajstić information content (AvgIpc) is 2.98. The van der Waals surface area contributed by atoms with Gasteiger partial charge in [-0.05, 0) is 43.0 Å². The Balaban J connectivity index is 1.78. The Kier molecular flexibility index (Phi) is 5.20. The van der Waals surface area contributed by atoms with Gasteiger partial charge in [-0.2, -0.15) is 0 Å². The highest BCUT2D eigenvalue weighted by atomic mass is 16.5. The van der Waals surface area contributed by atoms with Crippen molar-refractivity contribution >= 4 is 11.8 Å². The Labute approximate surface area is 125 Å². The molecule has 2 amide bonds. The molecule has 2 N–H and O–H groups in total. The molecule has 0 aliphatic heterocycles. The molecule has 114 valence electrons. The molecule has 5 nitrogen and oxygen atoms in total. The van der Waals surface area contributed by atoms with E-state index in [0.29, 0.717) is 17.2 Å². The minimum atomic E-state index is -0.478. The molecule has 2 rings (SSSR count). The summed E-state index contributed by atoms with van der Waals surface area (Å²) < 4.78 is 5.44. The first-order valence-corrected chi connectivity index (χ1v) is 7.33. The molecule has 1 fully saturated rings. The summed E-state index contributed by atoms with van der Waals surface area (Å²) in [5.74, 6) is 0.686. The SMILES string of the molecule is CN(CC1CCCC1)C(=O)COc1ccc(C(N)=O)cc1. The number of primary amides is 1. The van der Waals surface area contributed by atoms with E-state index in [1.54, 1.807) is 29.2 Å². The Bertz CT molecular complexity index is 493. The van der Waals surface area contributed by atoms with Crippen molar-refractivity contribution in [1.82, 2.24) is 4.90 Å². The lowest BCUT2D eigenvalue weighted by Crippen LogP contribution is -2.34. The van der Waals surface area contributed by atoms with Crippen LogP contribution in [-0.2, 0) is 4.79 Å². The number of nitrogens with zero attached hydrogens (tertiary/aromatic N) is 1. The largest absolute Gasteiger partial charge is 0.484 e. The maximum Gasteiger partial charge on any atom is 0.260 e. The van der Waals surface area contributed by atoms with E-state index in [4.69, 9.17) is 10.5 Å². The van der Waals surface area contributed by atoms with Crippen molar-refractivity contribution in [2.24, 2.45) is 11.7 Å². The minimum Gasteiger partial charge on any atom is -0.484 e. The van der Waals surface area contributed by atoms with Gasteiger partial charge in [0.1, 0.15) is 5.75 Å². The van der Waals surface area contributed by atoms with Crippen LogP contribution >= 0.6 is 0 Å². The molecule has 0 bridgehead atoms. The predicted molar refractivity (Wildman–Crippen MR) is 80.0 cm³/mol. The summed E-state index contributed by atoms with van der Waals surface area (Å²) in [7, 11) is 1.82. The molecular weight excluding hydrogens is 268 g/mol. The van der Waals surface area contributed by atoms with E-state index in [2.05, 4.69) is 0 Å². The molecule has 0 aromatic heterocycles. The number of carbonyl (C=O) groups excluding carboxylic acids is 2. The lowest BCUT2D eigenvalue weighted by molar-refractivity contribution is -0.132. The molecule has 0 saturated heterocycles. The second-order valence-electron chi connectivity index (χ2n) is 5.60. The van der Waals surface area contributed by atoms with Gasteiger partial charge < -0.3 is 15.4 Å². The van der Waals surface area contributed by atoms with E-state index in [0.717, 1.165) is 6.54 Å². The van der Waals surface area contributed by atoms with Gasteiger partial charge in [-0.25, -0.2) is 0 Å². The summed E-state index contributed by atoms with van der Waals surface area (Å²) in [6, 6.07) is 6.46. The van der Waals surface area contributed by atoms with Crippen molar-refractivity contribution < 1.29 is 14.3 Å². The van der Waals surface area contributed by atoms with Crippen LogP contribution in [0.15, 0.2) is 24.3 Å². The second kappa shape index (κ2) is 7.11. The second-order valence-corrected chi connectivity index (χ2v) is 5.60. The zero-order chi connectivity index (χ0) is 15.2. The number of hydrogen-bond donors (Lipinski definition) is 1. The zero-order valence-corrected chi connectivity index (χ0v) is 12.4. The Morgan fingerprint density at radius 1 is 1.24 bits per heavy atom. The van der Waals surface area contributed by atoms with Gasteiger partial charge in [0.2, 0.25) is 5.91 Å². The third-order valence-electron chi connectivity index (χ3n) is 3.93. The first-order valence-electron chi connectivity index (χ1n) is 7.33. The third kappa shape index (κ3) is 4.48. The van der Waals surface area contributed by atoms with E-state index in [1.165, 1.54) is 25.7 Å². The lowest BCUT2D eigenvalue weighted by Gasteiger charge is -2.21. The van der Waals surface area contributed by atoms with Crippen LogP contribution in [0.3, 0.4) is 0 Å². The van der Waals surface area contributed by atoms with E-state index in [1.807, 2.05) is 7.05 Å². The van der Waals surface area contributed by atoms with Gasteiger partial charge in [0.05, 0.1) is 0 Å². The molecular formula is C16H22N2O3. The van der Waals surface area contributed by atoms with Crippen LogP contribution in [0.5, 0.6) is 5.75 Å². The smallest absolute Gasteiger partial charge is 0.260 e. The number of hydrogen-bond acceptors (Lipinski definition) is 3. The van der Waals surface area contributed by atoms with E-state index < -0.39 is 5.91 Å². The highest BCUT2D eigenvalue weighted by Crippen LogP contribution is 2.25. The number of carbonyl (C=O) groups is 2. The fourth-order valence-corrected chi connectivity index (χ4v) is 2.65. The van der Waals surface area contributed by atoms with Gasteiger partial charge in [0.15, 0.2) is 6.61 Å². The Morgan fingerprint density at radius 3 is 2.43 bits per heavy atom. The fraction of sp³-hybridized carbons (Fsp3) is 0.500. The highest BCUT2D eigenvalue weighted by Gasteiger charge is 2.19. The summed E-state index contributed by atoms with van der Waals surface area (Å²) in [6.07, 6.45) is 4.98. The minimum absolute atomic E-state index is 0.0130. The number of ether oxygens (including phenoxy) is 1. The quantitative estimate of drug-likeness (QED) is 0.868. The number of likely N-dealkylation sites (N-methyl/N-ethyl adjacent to an activating group) is 1. The molecule has 1 aromatic carbocycles. The van der Waals surface area contributed by atoms with E-state index >= 15 is 0 Å². The average molecular weight is 290 g/mol.